The monoisotopic (exact) mass is 390 g/mol. The summed E-state index contributed by atoms with van der Waals surface area (Å²) in [6, 6.07) is 5.68. The van der Waals surface area contributed by atoms with Crippen molar-refractivity contribution in [1.82, 2.24) is 19.7 Å². The van der Waals surface area contributed by atoms with E-state index in [0.29, 0.717) is 23.8 Å². The molecule has 0 radical (unpaired) electrons. The summed E-state index contributed by atoms with van der Waals surface area (Å²) in [6.07, 6.45) is 4.49. The second kappa shape index (κ2) is 9.12. The number of aryl methyl sites for hydroxylation is 1. The molecular formula is C19H26N4O3S. The van der Waals surface area contributed by atoms with Crippen molar-refractivity contribution in [1.29, 1.82) is 0 Å². The second-order valence-electron chi connectivity index (χ2n) is 6.55. The van der Waals surface area contributed by atoms with Crippen LogP contribution in [0.1, 0.15) is 30.7 Å². The number of aromatic nitrogens is 3. The minimum atomic E-state index is 0.0378. The topological polar surface area (TPSA) is 69.5 Å². The number of thioether (sulfide) groups is 1. The van der Waals surface area contributed by atoms with Crippen molar-refractivity contribution in [2.24, 2.45) is 0 Å². The summed E-state index contributed by atoms with van der Waals surface area (Å²) in [5.74, 6) is 2.74. The normalized spacial score (nSPS) is 13.6. The molecule has 0 atom stereocenters. The summed E-state index contributed by atoms with van der Waals surface area (Å²) in [5.41, 5.74) is 0.911. The molecule has 1 aromatic carbocycles. The van der Waals surface area contributed by atoms with Crippen LogP contribution in [-0.4, -0.2) is 52.6 Å². The van der Waals surface area contributed by atoms with Gasteiger partial charge in [-0.05, 0) is 18.9 Å². The van der Waals surface area contributed by atoms with Crippen molar-refractivity contribution >= 4 is 17.7 Å². The van der Waals surface area contributed by atoms with Gasteiger partial charge in [0.1, 0.15) is 5.82 Å². The Morgan fingerprint density at radius 1 is 1.22 bits per heavy atom. The molecule has 1 aromatic heterocycles. The lowest BCUT2D eigenvalue weighted by Gasteiger charge is -2.19. The number of carbonyl (C=O) groups excluding carboxylic acids is 1. The molecule has 2 aromatic rings. The fourth-order valence-corrected chi connectivity index (χ4v) is 4.15. The Hall–Kier alpha value is -2.22. The number of hydrogen-bond acceptors (Lipinski definition) is 6. The molecule has 0 fully saturated rings. The van der Waals surface area contributed by atoms with Crippen molar-refractivity contribution < 1.29 is 14.3 Å². The van der Waals surface area contributed by atoms with Crippen LogP contribution in [0.5, 0.6) is 11.5 Å². The third kappa shape index (κ3) is 4.55. The second-order valence-corrected chi connectivity index (χ2v) is 7.49. The van der Waals surface area contributed by atoms with Crippen LogP contribution in [-0.2, 0) is 24.3 Å². The highest BCUT2D eigenvalue weighted by Gasteiger charge is 2.18. The van der Waals surface area contributed by atoms with Crippen LogP contribution in [0.15, 0.2) is 23.4 Å². The first-order chi connectivity index (χ1) is 13.1. The van der Waals surface area contributed by atoms with Crippen LogP contribution in [0.4, 0.5) is 0 Å². The Morgan fingerprint density at radius 2 is 2.07 bits per heavy atom. The third-order valence-corrected chi connectivity index (χ3v) is 5.67. The number of benzene rings is 1. The first kappa shape index (κ1) is 19.5. The van der Waals surface area contributed by atoms with Gasteiger partial charge in [0, 0.05) is 32.1 Å². The highest BCUT2D eigenvalue weighted by Crippen LogP contribution is 2.31. The van der Waals surface area contributed by atoms with E-state index in [1.165, 1.54) is 18.2 Å². The number of amides is 1. The summed E-state index contributed by atoms with van der Waals surface area (Å²) >= 11 is 1.46. The summed E-state index contributed by atoms with van der Waals surface area (Å²) < 4.78 is 12.9. The van der Waals surface area contributed by atoms with Crippen LogP contribution in [0.2, 0.25) is 0 Å². The van der Waals surface area contributed by atoms with Gasteiger partial charge < -0.3 is 18.9 Å². The molecule has 8 heteroatoms. The molecule has 0 N–H and O–H groups in total. The minimum absolute atomic E-state index is 0.0378. The zero-order chi connectivity index (χ0) is 19.2. The predicted octanol–water partition coefficient (Wildman–Crippen LogP) is 2.77. The number of para-hydroxylation sites is 1. The van der Waals surface area contributed by atoms with Crippen LogP contribution in [0, 0.1) is 0 Å². The van der Waals surface area contributed by atoms with Gasteiger partial charge in [-0.2, -0.15) is 0 Å². The molecule has 0 saturated heterocycles. The molecule has 0 spiro atoms. The third-order valence-electron chi connectivity index (χ3n) is 4.72. The molecule has 146 valence electrons. The van der Waals surface area contributed by atoms with E-state index < -0.39 is 0 Å². The Morgan fingerprint density at radius 3 is 2.85 bits per heavy atom. The van der Waals surface area contributed by atoms with Gasteiger partial charge in [-0.15, -0.1) is 10.2 Å². The van der Waals surface area contributed by atoms with Crippen LogP contribution >= 0.6 is 11.8 Å². The van der Waals surface area contributed by atoms with Crippen molar-refractivity contribution in [3.05, 3.63) is 29.6 Å². The molecule has 7 nitrogen and oxygen atoms in total. The lowest BCUT2D eigenvalue weighted by Crippen LogP contribution is -2.28. The van der Waals surface area contributed by atoms with Crippen LogP contribution in [0.3, 0.4) is 0 Å². The molecule has 0 unspecified atom stereocenters. The van der Waals surface area contributed by atoms with Crippen molar-refractivity contribution in [3.63, 3.8) is 0 Å². The molecule has 1 aliphatic heterocycles. The lowest BCUT2D eigenvalue weighted by molar-refractivity contribution is -0.127. The Labute approximate surface area is 164 Å². The Kier molecular flexibility index (Phi) is 6.60. The number of rotatable bonds is 7. The molecule has 27 heavy (non-hydrogen) atoms. The molecular weight excluding hydrogens is 364 g/mol. The lowest BCUT2D eigenvalue weighted by atomic mass is 10.1. The highest BCUT2D eigenvalue weighted by molar-refractivity contribution is 7.99. The molecule has 1 aliphatic rings. The largest absolute Gasteiger partial charge is 0.493 e. The van der Waals surface area contributed by atoms with E-state index in [1.54, 1.807) is 26.2 Å². The molecule has 3 rings (SSSR count). The summed E-state index contributed by atoms with van der Waals surface area (Å²) in [4.78, 5) is 14.3. The maximum atomic E-state index is 12.6. The quantitative estimate of drug-likeness (QED) is 0.677. The van der Waals surface area contributed by atoms with Crippen LogP contribution < -0.4 is 9.47 Å². The number of ether oxygens (including phenoxy) is 2. The van der Waals surface area contributed by atoms with Gasteiger partial charge in [-0.3, -0.25) is 4.79 Å². The van der Waals surface area contributed by atoms with E-state index in [2.05, 4.69) is 14.8 Å². The maximum absolute atomic E-state index is 12.6. The smallest absolute Gasteiger partial charge is 0.233 e. The molecule has 2 heterocycles. The SMILES string of the molecule is COc1cccc(CN(C)C(=O)CSc2nnc3n2CCCCC3)c1OC. The van der Waals surface area contributed by atoms with Gasteiger partial charge in [-0.1, -0.05) is 30.3 Å². The number of methoxy groups -OCH3 is 2. The summed E-state index contributed by atoms with van der Waals surface area (Å²) in [5, 5.41) is 9.40. The summed E-state index contributed by atoms with van der Waals surface area (Å²) in [7, 11) is 5.01. The van der Waals surface area contributed by atoms with E-state index in [1.807, 2.05) is 18.2 Å². The first-order valence-electron chi connectivity index (χ1n) is 9.12. The van der Waals surface area contributed by atoms with E-state index in [0.717, 1.165) is 42.4 Å². The number of carbonyl (C=O) groups is 1. The standard InChI is InChI=1S/C19H26N4O3S/c1-22(12-14-8-7-9-15(25-2)18(14)26-3)17(24)13-27-19-21-20-16-10-5-4-6-11-23(16)19/h7-9H,4-6,10-13H2,1-3H3. The zero-order valence-electron chi connectivity index (χ0n) is 16.1. The van der Waals surface area contributed by atoms with Crippen molar-refractivity contribution in [2.45, 2.75) is 43.9 Å². The van der Waals surface area contributed by atoms with Gasteiger partial charge in [0.05, 0.1) is 20.0 Å². The predicted molar refractivity (Wildman–Crippen MR) is 104 cm³/mol. The Bertz CT molecular complexity index is 793. The van der Waals surface area contributed by atoms with Gasteiger partial charge in [0.2, 0.25) is 5.91 Å². The number of fused-ring (bicyclic) bond motifs is 1. The molecule has 1 amide bonds. The van der Waals surface area contributed by atoms with E-state index in [-0.39, 0.29) is 5.91 Å². The fourth-order valence-electron chi connectivity index (χ4n) is 3.22. The van der Waals surface area contributed by atoms with Crippen molar-refractivity contribution in [3.8, 4) is 11.5 Å². The van der Waals surface area contributed by atoms with E-state index >= 15 is 0 Å². The maximum Gasteiger partial charge on any atom is 0.233 e. The molecule has 0 saturated carbocycles. The zero-order valence-corrected chi connectivity index (χ0v) is 16.9. The highest BCUT2D eigenvalue weighted by atomic mass is 32.2. The number of hydrogen-bond donors (Lipinski definition) is 0. The molecule has 0 aliphatic carbocycles. The van der Waals surface area contributed by atoms with E-state index in [4.69, 9.17) is 9.47 Å². The number of nitrogens with zero attached hydrogens (tertiary/aromatic N) is 4. The average molecular weight is 391 g/mol. The molecule has 0 bridgehead atoms. The van der Waals surface area contributed by atoms with Gasteiger partial charge in [-0.25, -0.2) is 0 Å². The van der Waals surface area contributed by atoms with Gasteiger partial charge >= 0.3 is 0 Å². The van der Waals surface area contributed by atoms with E-state index in [9.17, 15) is 4.79 Å². The van der Waals surface area contributed by atoms with Gasteiger partial charge in [0.25, 0.3) is 0 Å². The summed E-state index contributed by atoms with van der Waals surface area (Å²) in [6.45, 7) is 1.40. The fraction of sp³-hybridized carbons (Fsp3) is 0.526. The van der Waals surface area contributed by atoms with Gasteiger partial charge in [0.15, 0.2) is 16.7 Å². The first-order valence-corrected chi connectivity index (χ1v) is 10.1. The van der Waals surface area contributed by atoms with Crippen LogP contribution in [0.25, 0.3) is 0 Å². The average Bonchev–Trinajstić information content (AvgIpc) is 2.91. The van der Waals surface area contributed by atoms with Crippen molar-refractivity contribution in [2.75, 3.05) is 27.0 Å². The minimum Gasteiger partial charge on any atom is -0.493 e. The Balaban J connectivity index is 1.61.